The quantitative estimate of drug-likeness (QED) is 0.625. The third kappa shape index (κ3) is 3.77. The molecule has 26 heavy (non-hydrogen) atoms. The first kappa shape index (κ1) is 18.1. The highest BCUT2D eigenvalue weighted by molar-refractivity contribution is 7.15. The molecule has 0 atom stereocenters. The summed E-state index contributed by atoms with van der Waals surface area (Å²) in [6, 6.07) is 9.84. The van der Waals surface area contributed by atoms with Crippen LogP contribution < -0.4 is 0 Å². The fraction of sp³-hybridized carbons (Fsp3) is 0.316. The Balaban J connectivity index is 1.83. The van der Waals surface area contributed by atoms with Crippen LogP contribution in [0.1, 0.15) is 19.5 Å². The molecule has 2 aromatic heterocycles. The Hall–Kier alpha value is -2.67. The van der Waals surface area contributed by atoms with Crippen LogP contribution >= 0.6 is 11.3 Å². The summed E-state index contributed by atoms with van der Waals surface area (Å²) < 4.78 is 6.64. The number of carbonyl (C=O) groups is 2. The summed E-state index contributed by atoms with van der Waals surface area (Å²) in [4.78, 5) is 31.3. The van der Waals surface area contributed by atoms with Gasteiger partial charge in [0.2, 0.25) is 5.91 Å². The second-order valence-electron chi connectivity index (χ2n) is 6.24. The van der Waals surface area contributed by atoms with E-state index in [1.54, 1.807) is 0 Å². The lowest BCUT2D eigenvalue weighted by molar-refractivity contribution is -0.148. The van der Waals surface area contributed by atoms with Gasteiger partial charge in [-0.05, 0) is 13.8 Å². The van der Waals surface area contributed by atoms with Crippen molar-refractivity contribution in [3.05, 3.63) is 47.6 Å². The van der Waals surface area contributed by atoms with E-state index in [2.05, 4.69) is 4.98 Å². The number of carbonyl (C=O) groups excluding carboxylic acids is 2. The van der Waals surface area contributed by atoms with Gasteiger partial charge >= 0.3 is 5.97 Å². The third-order valence-electron chi connectivity index (χ3n) is 4.16. The van der Waals surface area contributed by atoms with Crippen molar-refractivity contribution in [3.63, 3.8) is 0 Å². The lowest BCUT2D eigenvalue weighted by Crippen LogP contribution is -2.42. The Morgan fingerprint density at radius 2 is 2.00 bits per heavy atom. The highest BCUT2D eigenvalue weighted by atomic mass is 32.1. The number of nitrogens with zero attached hydrogens (tertiary/aromatic N) is 3. The van der Waals surface area contributed by atoms with Crippen molar-refractivity contribution in [2.75, 3.05) is 13.7 Å². The summed E-state index contributed by atoms with van der Waals surface area (Å²) in [6.45, 7) is 3.73. The molecule has 6 nitrogen and oxygen atoms in total. The van der Waals surface area contributed by atoms with Crippen LogP contribution in [0.5, 0.6) is 0 Å². The molecule has 0 aliphatic carbocycles. The minimum Gasteiger partial charge on any atom is -0.468 e. The van der Waals surface area contributed by atoms with Crippen LogP contribution in [0.4, 0.5) is 0 Å². The number of hydrogen-bond donors (Lipinski definition) is 0. The number of ether oxygens (including phenoxy) is 1. The Morgan fingerprint density at radius 1 is 1.27 bits per heavy atom. The molecule has 0 radical (unpaired) electrons. The average Bonchev–Trinajstić information content (AvgIpc) is 3.21. The first-order valence-corrected chi connectivity index (χ1v) is 9.24. The summed E-state index contributed by atoms with van der Waals surface area (Å²) in [5.74, 6) is -0.531. The van der Waals surface area contributed by atoms with Gasteiger partial charge in [-0.2, -0.15) is 0 Å². The lowest BCUT2D eigenvalue weighted by Gasteiger charge is -2.25. The Bertz CT molecular complexity index is 915. The maximum Gasteiger partial charge on any atom is 0.325 e. The summed E-state index contributed by atoms with van der Waals surface area (Å²) in [7, 11) is 1.32. The molecule has 0 saturated carbocycles. The molecule has 0 N–H and O–H groups in total. The normalized spacial score (nSPS) is 11.1. The van der Waals surface area contributed by atoms with E-state index in [4.69, 9.17) is 4.74 Å². The van der Waals surface area contributed by atoms with Gasteiger partial charge in [0.25, 0.3) is 0 Å². The van der Waals surface area contributed by atoms with Crippen LogP contribution in [0.2, 0.25) is 0 Å². The van der Waals surface area contributed by atoms with Crippen LogP contribution in [0.3, 0.4) is 0 Å². The molecule has 0 bridgehead atoms. The number of imidazole rings is 1. The van der Waals surface area contributed by atoms with Gasteiger partial charge in [-0.3, -0.25) is 14.0 Å². The standard InChI is InChI=1S/C19H21N3O3S/c1-13(2)21(11-18(24)25-3)17(23)9-15-12-26-19-20-16(10-22(15)19)14-7-5-4-6-8-14/h4-8,10,12-13H,9,11H2,1-3H3. The fourth-order valence-electron chi connectivity index (χ4n) is 2.72. The second-order valence-corrected chi connectivity index (χ2v) is 7.08. The minimum atomic E-state index is -0.420. The van der Waals surface area contributed by atoms with E-state index in [1.165, 1.54) is 23.3 Å². The number of fused-ring (bicyclic) bond motifs is 1. The van der Waals surface area contributed by atoms with Crippen molar-refractivity contribution < 1.29 is 14.3 Å². The van der Waals surface area contributed by atoms with Crippen molar-refractivity contribution in [1.29, 1.82) is 0 Å². The SMILES string of the molecule is COC(=O)CN(C(=O)Cc1csc2nc(-c3ccccc3)cn12)C(C)C. The molecule has 3 aromatic rings. The Kier molecular flexibility index (Phi) is 5.37. The first-order chi connectivity index (χ1) is 12.5. The highest BCUT2D eigenvalue weighted by Crippen LogP contribution is 2.24. The number of hydrogen-bond acceptors (Lipinski definition) is 5. The zero-order chi connectivity index (χ0) is 18.7. The second kappa shape index (κ2) is 7.70. The van der Waals surface area contributed by atoms with Gasteiger partial charge < -0.3 is 9.64 Å². The summed E-state index contributed by atoms with van der Waals surface area (Å²) >= 11 is 1.50. The van der Waals surface area contributed by atoms with Crippen LogP contribution in [0, 0.1) is 0 Å². The van der Waals surface area contributed by atoms with Gasteiger partial charge in [-0.25, -0.2) is 4.98 Å². The van der Waals surface area contributed by atoms with Crippen LogP contribution in [-0.4, -0.2) is 45.9 Å². The molecular formula is C19H21N3O3S. The van der Waals surface area contributed by atoms with Gasteiger partial charge in [0.05, 0.1) is 19.2 Å². The molecular weight excluding hydrogens is 350 g/mol. The molecule has 2 heterocycles. The summed E-state index contributed by atoms with van der Waals surface area (Å²) in [5, 5.41) is 1.94. The van der Waals surface area contributed by atoms with Gasteiger partial charge in [0, 0.05) is 28.9 Å². The summed E-state index contributed by atoms with van der Waals surface area (Å²) in [5.41, 5.74) is 2.77. The number of thiazole rings is 1. The molecule has 0 spiro atoms. The van der Waals surface area contributed by atoms with E-state index >= 15 is 0 Å². The molecule has 0 aliphatic rings. The molecule has 1 aromatic carbocycles. The third-order valence-corrected chi connectivity index (χ3v) is 5.04. The van der Waals surface area contributed by atoms with Gasteiger partial charge in [0.1, 0.15) is 6.54 Å². The molecule has 7 heteroatoms. The van der Waals surface area contributed by atoms with Crippen LogP contribution in [0.15, 0.2) is 41.9 Å². The molecule has 136 valence electrons. The Morgan fingerprint density at radius 3 is 2.65 bits per heavy atom. The number of esters is 1. The lowest BCUT2D eigenvalue weighted by atomic mass is 10.2. The van der Waals surface area contributed by atoms with Crippen molar-refractivity contribution >= 4 is 28.2 Å². The zero-order valence-electron chi connectivity index (χ0n) is 15.0. The van der Waals surface area contributed by atoms with E-state index in [1.807, 2.05) is 60.2 Å². The van der Waals surface area contributed by atoms with Crippen LogP contribution in [0.25, 0.3) is 16.2 Å². The number of rotatable bonds is 6. The van der Waals surface area contributed by atoms with Crippen molar-refractivity contribution in [2.24, 2.45) is 0 Å². The van der Waals surface area contributed by atoms with Gasteiger partial charge in [-0.15, -0.1) is 11.3 Å². The van der Waals surface area contributed by atoms with E-state index in [0.717, 1.165) is 21.9 Å². The van der Waals surface area contributed by atoms with Crippen molar-refractivity contribution in [1.82, 2.24) is 14.3 Å². The molecule has 0 fully saturated rings. The van der Waals surface area contributed by atoms with Crippen molar-refractivity contribution in [3.8, 4) is 11.3 Å². The predicted octanol–water partition coefficient (Wildman–Crippen LogP) is 3.02. The molecule has 0 saturated heterocycles. The van der Waals surface area contributed by atoms with E-state index in [-0.39, 0.29) is 24.9 Å². The minimum absolute atomic E-state index is 0.0422. The number of methoxy groups -OCH3 is 1. The predicted molar refractivity (Wildman–Crippen MR) is 101 cm³/mol. The monoisotopic (exact) mass is 371 g/mol. The van der Waals surface area contributed by atoms with E-state index in [0.29, 0.717) is 0 Å². The highest BCUT2D eigenvalue weighted by Gasteiger charge is 2.22. The fourth-order valence-corrected chi connectivity index (χ4v) is 3.60. The molecule has 0 aliphatic heterocycles. The van der Waals surface area contributed by atoms with Gasteiger partial charge in [0.15, 0.2) is 4.96 Å². The topological polar surface area (TPSA) is 63.9 Å². The first-order valence-electron chi connectivity index (χ1n) is 8.36. The van der Waals surface area contributed by atoms with Gasteiger partial charge in [-0.1, -0.05) is 30.3 Å². The van der Waals surface area contributed by atoms with Crippen molar-refractivity contribution in [2.45, 2.75) is 26.3 Å². The zero-order valence-corrected chi connectivity index (χ0v) is 15.8. The number of benzene rings is 1. The largest absolute Gasteiger partial charge is 0.468 e. The molecule has 3 rings (SSSR count). The maximum atomic E-state index is 12.7. The van der Waals surface area contributed by atoms with E-state index < -0.39 is 5.97 Å². The number of aromatic nitrogens is 2. The molecule has 0 unspecified atom stereocenters. The average molecular weight is 371 g/mol. The summed E-state index contributed by atoms with van der Waals surface area (Å²) in [6.07, 6.45) is 2.16. The maximum absolute atomic E-state index is 12.7. The Labute approximate surface area is 156 Å². The van der Waals surface area contributed by atoms with Crippen LogP contribution in [-0.2, 0) is 20.7 Å². The smallest absolute Gasteiger partial charge is 0.325 e. The van der Waals surface area contributed by atoms with E-state index in [9.17, 15) is 9.59 Å². The molecule has 1 amide bonds. The number of amides is 1.